The van der Waals surface area contributed by atoms with Crippen molar-refractivity contribution in [3.8, 4) is 34.3 Å². The Hall–Kier alpha value is -10.3. The number of hydrogen-bond donors (Lipinski definition) is 2. The highest BCUT2D eigenvalue weighted by atomic mass is 32.2. The van der Waals surface area contributed by atoms with Gasteiger partial charge in [0.05, 0.1) is 11.0 Å². The van der Waals surface area contributed by atoms with Crippen molar-refractivity contribution in [1.29, 1.82) is 0 Å². The number of benzene rings is 8. The molecular formula is C65H54FN7O10S. The number of carbonyl (C=O) groups is 3. The quantitative estimate of drug-likeness (QED) is 0.0783. The van der Waals surface area contributed by atoms with Crippen molar-refractivity contribution in [3.05, 3.63) is 239 Å². The monoisotopic (exact) mass is 1140 g/mol. The largest absolute Gasteiger partial charge is 0.487 e. The first kappa shape index (κ1) is 54.3. The van der Waals surface area contributed by atoms with Crippen LogP contribution < -0.4 is 39.1 Å². The average molecular weight is 1140 g/mol. The molecule has 2 fully saturated rings. The van der Waals surface area contributed by atoms with Crippen molar-refractivity contribution < 1.29 is 46.1 Å². The fraction of sp³-hybridized carbons (Fsp3) is 0.154. The topological polar surface area (TPSA) is 193 Å². The molecule has 0 radical (unpaired) electrons. The van der Waals surface area contributed by atoms with Crippen molar-refractivity contribution in [2.75, 3.05) is 27.6 Å². The third kappa shape index (κ3) is 11.6. The predicted molar refractivity (Wildman–Crippen MR) is 317 cm³/mol. The van der Waals surface area contributed by atoms with Crippen LogP contribution in [-0.4, -0.2) is 53.5 Å². The summed E-state index contributed by atoms with van der Waals surface area (Å²) in [5.41, 5.74) is 6.94. The van der Waals surface area contributed by atoms with Gasteiger partial charge in [0.2, 0.25) is 17.7 Å². The molecule has 8 aromatic carbocycles. The number of aryl methyl sites for hydroxylation is 1. The lowest BCUT2D eigenvalue weighted by Crippen LogP contribution is -2.34. The number of aromatic nitrogens is 3. The number of carbonyl (C=O) groups excluding carboxylic acids is 3. The number of nitrogens with zero attached hydrogens (tertiary/aromatic N) is 5. The summed E-state index contributed by atoms with van der Waals surface area (Å²) in [6.45, 7) is 0.0184. The van der Waals surface area contributed by atoms with Gasteiger partial charge in [0.1, 0.15) is 50.1 Å². The fourth-order valence-electron chi connectivity index (χ4n) is 10.3. The molecule has 1 aliphatic heterocycles. The number of fused-ring (bicyclic) bond motifs is 2. The maximum Gasteiger partial charge on any atom is 0.414 e. The zero-order valence-electron chi connectivity index (χ0n) is 45.3. The lowest BCUT2D eigenvalue weighted by Gasteiger charge is -2.23. The molecule has 2 N–H and O–H groups in total. The summed E-state index contributed by atoms with van der Waals surface area (Å²) < 4.78 is 72.5. The molecule has 422 valence electrons. The third-order valence-electron chi connectivity index (χ3n) is 14.8. The van der Waals surface area contributed by atoms with Crippen molar-refractivity contribution in [2.45, 2.75) is 32.8 Å². The molecule has 2 aromatic heterocycles. The van der Waals surface area contributed by atoms with Gasteiger partial charge in [0.15, 0.2) is 5.82 Å². The van der Waals surface area contributed by atoms with Gasteiger partial charge in [-0.3, -0.25) is 23.6 Å². The van der Waals surface area contributed by atoms with Crippen molar-refractivity contribution in [3.63, 3.8) is 0 Å². The van der Waals surface area contributed by atoms with E-state index in [1.807, 2.05) is 144 Å². The van der Waals surface area contributed by atoms with Gasteiger partial charge in [-0.15, -0.1) is 0 Å². The highest BCUT2D eigenvalue weighted by Gasteiger charge is 2.45. The van der Waals surface area contributed by atoms with E-state index in [4.69, 9.17) is 23.9 Å². The van der Waals surface area contributed by atoms with Gasteiger partial charge in [0, 0.05) is 42.3 Å². The van der Waals surface area contributed by atoms with E-state index in [1.54, 1.807) is 58.6 Å². The summed E-state index contributed by atoms with van der Waals surface area (Å²) in [6, 6.07) is 60.4. The van der Waals surface area contributed by atoms with E-state index in [0.717, 1.165) is 33.4 Å². The SMILES string of the molecule is Cn1c(=O)n(-c2ccc(OCc3ccccc3)nc2OCc2ccccc2)c2ccc(-c3ccc(N(CC4CC4C(=O)Nc4ccc5c(F)c(N6CC(=O)NS6(=O)=O)c(OCc6ccccc6)cc5c4)C(=O)OCc4ccccc4)cc3)cc21. The van der Waals surface area contributed by atoms with E-state index in [9.17, 15) is 27.6 Å². The number of ether oxygens (including phenoxy) is 4. The maximum absolute atomic E-state index is 16.5. The Morgan fingerprint density at radius 1 is 0.679 bits per heavy atom. The van der Waals surface area contributed by atoms with E-state index in [2.05, 4.69) is 5.32 Å². The lowest BCUT2D eigenvalue weighted by atomic mass is 10.0. The smallest absolute Gasteiger partial charge is 0.414 e. The number of imidazole rings is 1. The van der Waals surface area contributed by atoms with E-state index < -0.39 is 46.2 Å². The average Bonchev–Trinajstić information content (AvgIpc) is 2.33. The van der Waals surface area contributed by atoms with Crippen LogP contribution >= 0.6 is 0 Å². The first-order valence-electron chi connectivity index (χ1n) is 27.1. The Labute approximate surface area is 482 Å². The van der Waals surface area contributed by atoms with Crippen LogP contribution in [-0.2, 0) is 58.0 Å². The Morgan fingerprint density at radius 3 is 1.92 bits per heavy atom. The first-order valence-corrected chi connectivity index (χ1v) is 28.5. The van der Waals surface area contributed by atoms with Crippen molar-refractivity contribution in [2.24, 2.45) is 18.9 Å². The third-order valence-corrected chi connectivity index (χ3v) is 16.1. The standard InChI is InChI=1S/C65H54FN7O10S/c1-70-56-34-47(24-29-54(56)73(64(70)76)55-30-31-59(81-39-43-16-8-3-9-17-43)68-63(55)82-40-44-18-10-4-11-19-44)46-22-26-51(27-23-46)71(65(77)83-41-45-20-12-5-13-21-45)36-49-33-53(49)62(75)67-50-25-28-52-48(32-50)35-57(80-38-42-14-6-2-7-15-42)61(60(52)66)72-37-58(74)69-84(72,78)79/h2-32,34-35,49,53H,33,36-41H2,1H3,(H,67,75)(H,69,74). The minimum Gasteiger partial charge on any atom is -0.487 e. The van der Waals surface area contributed by atoms with Crippen LogP contribution in [0.1, 0.15) is 28.7 Å². The van der Waals surface area contributed by atoms with Crippen LogP contribution in [0, 0.1) is 17.7 Å². The van der Waals surface area contributed by atoms with Gasteiger partial charge in [-0.05, 0) is 106 Å². The van der Waals surface area contributed by atoms with Gasteiger partial charge in [-0.25, -0.2) is 23.0 Å². The summed E-state index contributed by atoms with van der Waals surface area (Å²) in [7, 11) is -2.69. The molecule has 1 saturated heterocycles. The Bertz CT molecular complexity index is 4290. The number of rotatable bonds is 19. The van der Waals surface area contributed by atoms with Crippen LogP contribution in [0.5, 0.6) is 17.5 Å². The van der Waals surface area contributed by atoms with E-state index >= 15 is 4.39 Å². The second-order valence-corrected chi connectivity index (χ2v) is 22.1. The second-order valence-electron chi connectivity index (χ2n) is 20.5. The molecule has 1 saturated carbocycles. The van der Waals surface area contributed by atoms with Crippen LogP contribution in [0.2, 0.25) is 0 Å². The minimum atomic E-state index is -4.40. The van der Waals surface area contributed by atoms with Crippen LogP contribution in [0.25, 0.3) is 38.6 Å². The maximum atomic E-state index is 16.5. The predicted octanol–water partition coefficient (Wildman–Crippen LogP) is 11.0. The highest BCUT2D eigenvalue weighted by Crippen LogP contribution is 2.43. The molecule has 3 amide bonds. The number of nitrogens with one attached hydrogen (secondary N) is 2. The lowest BCUT2D eigenvalue weighted by molar-refractivity contribution is -0.118. The van der Waals surface area contributed by atoms with Gasteiger partial charge >= 0.3 is 22.0 Å². The van der Waals surface area contributed by atoms with Gasteiger partial charge in [-0.2, -0.15) is 13.4 Å². The number of pyridine rings is 1. The molecule has 0 bridgehead atoms. The molecule has 3 heterocycles. The Balaban J connectivity index is 0.778. The number of hydrogen-bond acceptors (Lipinski definition) is 11. The van der Waals surface area contributed by atoms with Crippen molar-refractivity contribution >= 4 is 67.0 Å². The number of halogens is 1. The molecule has 10 aromatic rings. The van der Waals surface area contributed by atoms with Crippen LogP contribution in [0.4, 0.5) is 26.2 Å². The number of anilines is 3. The zero-order chi connectivity index (χ0) is 57.9. The van der Waals surface area contributed by atoms with Gasteiger partial charge < -0.3 is 24.3 Å². The summed E-state index contributed by atoms with van der Waals surface area (Å²) in [5.74, 6) is -2.35. The fourth-order valence-corrected chi connectivity index (χ4v) is 11.4. The van der Waals surface area contributed by atoms with Crippen molar-refractivity contribution in [1.82, 2.24) is 18.8 Å². The van der Waals surface area contributed by atoms with E-state index in [-0.39, 0.29) is 60.9 Å². The molecule has 17 nitrogen and oxygen atoms in total. The summed E-state index contributed by atoms with van der Waals surface area (Å²) in [4.78, 5) is 60.8. The molecule has 84 heavy (non-hydrogen) atoms. The molecule has 2 atom stereocenters. The molecular weight excluding hydrogens is 1090 g/mol. The normalized spacial score (nSPS) is 15.1. The summed E-state index contributed by atoms with van der Waals surface area (Å²) in [5, 5.41) is 3.29. The molecule has 0 spiro atoms. The molecule has 19 heteroatoms. The highest BCUT2D eigenvalue weighted by molar-refractivity contribution is 7.92. The Morgan fingerprint density at radius 2 is 1.29 bits per heavy atom. The second kappa shape index (κ2) is 23.3. The molecule has 1 aliphatic carbocycles. The molecule has 2 unspecified atom stereocenters. The van der Waals surface area contributed by atoms with Gasteiger partial charge in [0.25, 0.3) is 5.91 Å². The van der Waals surface area contributed by atoms with Crippen LogP contribution in [0.15, 0.2) is 205 Å². The van der Waals surface area contributed by atoms with Crippen LogP contribution in [0.3, 0.4) is 0 Å². The Kier molecular flexibility index (Phi) is 15.1. The molecule has 2 aliphatic rings. The zero-order valence-corrected chi connectivity index (χ0v) is 46.1. The van der Waals surface area contributed by atoms with E-state index in [0.29, 0.717) is 56.7 Å². The van der Waals surface area contributed by atoms with Gasteiger partial charge in [-0.1, -0.05) is 140 Å². The minimum absolute atomic E-state index is 0.0238. The summed E-state index contributed by atoms with van der Waals surface area (Å²) >= 11 is 0. The number of amides is 3. The molecule has 12 rings (SSSR count). The summed E-state index contributed by atoms with van der Waals surface area (Å²) in [6.07, 6.45) is -0.135. The first-order chi connectivity index (χ1) is 40.8. The van der Waals surface area contributed by atoms with E-state index in [1.165, 1.54) is 23.1 Å².